The van der Waals surface area contributed by atoms with Gasteiger partial charge in [-0.25, -0.2) is 0 Å². The van der Waals surface area contributed by atoms with Crippen molar-refractivity contribution >= 4 is 18.5 Å². The lowest BCUT2D eigenvalue weighted by atomic mass is 10.2. The standard InChI is InChI=1S/C16H18N2OS/c1-3-18(11-14-6-4-5-12(2)17-14)16(19)13-7-9-15(20)10-8-13/h4-10,20H,3,11H2,1-2H3. The second-order valence-corrected chi connectivity index (χ2v) is 5.15. The molecular weight excluding hydrogens is 268 g/mol. The van der Waals surface area contributed by atoms with E-state index in [2.05, 4.69) is 17.6 Å². The van der Waals surface area contributed by atoms with E-state index in [0.717, 1.165) is 16.3 Å². The van der Waals surface area contributed by atoms with E-state index in [-0.39, 0.29) is 5.91 Å². The number of carbonyl (C=O) groups excluding carboxylic acids is 1. The lowest BCUT2D eigenvalue weighted by molar-refractivity contribution is 0.0750. The molecule has 20 heavy (non-hydrogen) atoms. The van der Waals surface area contributed by atoms with Gasteiger partial charge in [-0.05, 0) is 50.2 Å². The number of aryl methyl sites for hydroxylation is 1. The molecule has 0 spiro atoms. The number of pyridine rings is 1. The largest absolute Gasteiger partial charge is 0.333 e. The summed E-state index contributed by atoms with van der Waals surface area (Å²) in [4.78, 5) is 19.5. The molecule has 0 aliphatic carbocycles. The highest BCUT2D eigenvalue weighted by Gasteiger charge is 2.14. The molecule has 0 N–H and O–H groups in total. The first-order valence-corrected chi connectivity index (χ1v) is 7.05. The van der Waals surface area contributed by atoms with Gasteiger partial charge in [0.1, 0.15) is 0 Å². The second-order valence-electron chi connectivity index (χ2n) is 4.64. The molecule has 2 rings (SSSR count). The number of thiol groups is 1. The Morgan fingerprint density at radius 2 is 1.90 bits per heavy atom. The lowest BCUT2D eigenvalue weighted by Crippen LogP contribution is -2.30. The first-order valence-electron chi connectivity index (χ1n) is 6.61. The lowest BCUT2D eigenvalue weighted by Gasteiger charge is -2.20. The van der Waals surface area contributed by atoms with Gasteiger partial charge in [0.05, 0.1) is 12.2 Å². The van der Waals surface area contributed by atoms with E-state index in [1.54, 1.807) is 17.0 Å². The molecule has 1 aromatic heterocycles. The maximum absolute atomic E-state index is 12.4. The Labute approximate surface area is 125 Å². The summed E-state index contributed by atoms with van der Waals surface area (Å²) in [5, 5.41) is 0. The summed E-state index contributed by atoms with van der Waals surface area (Å²) in [5.41, 5.74) is 2.55. The van der Waals surface area contributed by atoms with E-state index in [1.165, 1.54) is 0 Å². The number of benzene rings is 1. The summed E-state index contributed by atoms with van der Waals surface area (Å²) in [6, 6.07) is 13.1. The average molecular weight is 286 g/mol. The molecule has 0 saturated heterocycles. The molecule has 1 amide bonds. The fourth-order valence-electron chi connectivity index (χ4n) is 2.00. The SMILES string of the molecule is CCN(Cc1cccc(C)n1)C(=O)c1ccc(S)cc1. The zero-order chi connectivity index (χ0) is 14.5. The molecule has 0 saturated carbocycles. The van der Waals surface area contributed by atoms with Crippen LogP contribution >= 0.6 is 12.6 Å². The summed E-state index contributed by atoms with van der Waals surface area (Å²) in [5.74, 6) is 0.0177. The Morgan fingerprint density at radius 1 is 1.20 bits per heavy atom. The Bertz CT molecular complexity index is 596. The van der Waals surface area contributed by atoms with E-state index < -0.39 is 0 Å². The van der Waals surface area contributed by atoms with Crippen molar-refractivity contribution in [3.8, 4) is 0 Å². The number of amides is 1. The molecule has 1 aromatic carbocycles. The Hall–Kier alpha value is -1.81. The van der Waals surface area contributed by atoms with Crippen LogP contribution < -0.4 is 0 Å². The van der Waals surface area contributed by atoms with E-state index in [9.17, 15) is 4.79 Å². The van der Waals surface area contributed by atoms with Gasteiger partial charge >= 0.3 is 0 Å². The van der Waals surface area contributed by atoms with Crippen LogP contribution in [0.3, 0.4) is 0 Å². The maximum Gasteiger partial charge on any atom is 0.254 e. The van der Waals surface area contributed by atoms with E-state index in [0.29, 0.717) is 18.7 Å². The minimum absolute atomic E-state index is 0.0177. The van der Waals surface area contributed by atoms with Crippen molar-refractivity contribution in [3.63, 3.8) is 0 Å². The molecule has 4 heteroatoms. The number of hydrogen-bond acceptors (Lipinski definition) is 3. The summed E-state index contributed by atoms with van der Waals surface area (Å²) in [7, 11) is 0. The first-order chi connectivity index (χ1) is 9.60. The van der Waals surface area contributed by atoms with E-state index in [4.69, 9.17) is 0 Å². The predicted molar refractivity (Wildman–Crippen MR) is 83.1 cm³/mol. The number of carbonyl (C=O) groups is 1. The summed E-state index contributed by atoms with van der Waals surface area (Å²) in [6.07, 6.45) is 0. The second kappa shape index (κ2) is 6.57. The zero-order valence-corrected chi connectivity index (χ0v) is 12.6. The third kappa shape index (κ3) is 3.61. The number of aromatic nitrogens is 1. The molecular formula is C16H18N2OS. The van der Waals surface area contributed by atoms with Crippen molar-refractivity contribution in [1.82, 2.24) is 9.88 Å². The molecule has 104 valence electrons. The third-order valence-corrected chi connectivity index (χ3v) is 3.38. The molecule has 2 aromatic rings. The Kier molecular flexibility index (Phi) is 4.79. The molecule has 0 unspecified atom stereocenters. The van der Waals surface area contributed by atoms with Gasteiger partial charge in [0.2, 0.25) is 0 Å². The van der Waals surface area contributed by atoms with Gasteiger partial charge in [-0.2, -0.15) is 0 Å². The minimum atomic E-state index is 0.0177. The van der Waals surface area contributed by atoms with Crippen molar-refractivity contribution in [1.29, 1.82) is 0 Å². The number of nitrogens with zero attached hydrogens (tertiary/aromatic N) is 2. The van der Waals surface area contributed by atoms with Crippen LogP contribution in [-0.2, 0) is 6.54 Å². The van der Waals surface area contributed by atoms with Crippen molar-refractivity contribution in [2.45, 2.75) is 25.3 Å². The van der Waals surface area contributed by atoms with Crippen molar-refractivity contribution in [2.24, 2.45) is 0 Å². The van der Waals surface area contributed by atoms with Crippen molar-refractivity contribution in [3.05, 3.63) is 59.4 Å². The van der Waals surface area contributed by atoms with E-state index in [1.807, 2.05) is 44.2 Å². The van der Waals surface area contributed by atoms with Gasteiger partial charge in [-0.3, -0.25) is 9.78 Å². The Balaban J connectivity index is 2.15. The fraction of sp³-hybridized carbons (Fsp3) is 0.250. The molecule has 0 atom stereocenters. The van der Waals surface area contributed by atoms with Gasteiger partial charge in [-0.15, -0.1) is 12.6 Å². The fourth-order valence-corrected chi connectivity index (χ4v) is 2.15. The van der Waals surface area contributed by atoms with Crippen LogP contribution in [0.1, 0.15) is 28.7 Å². The molecule has 3 nitrogen and oxygen atoms in total. The molecule has 0 bridgehead atoms. The molecule has 0 radical (unpaired) electrons. The van der Waals surface area contributed by atoms with Crippen LogP contribution in [0.4, 0.5) is 0 Å². The highest BCUT2D eigenvalue weighted by molar-refractivity contribution is 7.80. The number of rotatable bonds is 4. The van der Waals surface area contributed by atoms with Crippen LogP contribution in [0.5, 0.6) is 0 Å². The molecule has 1 heterocycles. The highest BCUT2D eigenvalue weighted by atomic mass is 32.1. The highest BCUT2D eigenvalue weighted by Crippen LogP contribution is 2.12. The predicted octanol–water partition coefficient (Wildman–Crippen LogP) is 3.34. The zero-order valence-electron chi connectivity index (χ0n) is 11.7. The summed E-state index contributed by atoms with van der Waals surface area (Å²) in [6.45, 7) is 5.10. The molecule has 0 aliphatic rings. The average Bonchev–Trinajstić information content (AvgIpc) is 2.45. The smallest absolute Gasteiger partial charge is 0.254 e. The van der Waals surface area contributed by atoms with Crippen molar-refractivity contribution in [2.75, 3.05) is 6.54 Å². The molecule has 0 fully saturated rings. The van der Waals surface area contributed by atoms with Gasteiger partial charge in [0.25, 0.3) is 5.91 Å². The normalized spacial score (nSPS) is 10.3. The quantitative estimate of drug-likeness (QED) is 0.875. The van der Waals surface area contributed by atoms with Gasteiger partial charge in [-0.1, -0.05) is 6.07 Å². The topological polar surface area (TPSA) is 33.2 Å². The Morgan fingerprint density at radius 3 is 2.50 bits per heavy atom. The monoisotopic (exact) mass is 286 g/mol. The van der Waals surface area contributed by atoms with Crippen LogP contribution in [0, 0.1) is 6.92 Å². The van der Waals surface area contributed by atoms with Crippen LogP contribution in [0.2, 0.25) is 0 Å². The van der Waals surface area contributed by atoms with Crippen LogP contribution in [0.25, 0.3) is 0 Å². The van der Waals surface area contributed by atoms with Crippen LogP contribution in [-0.4, -0.2) is 22.3 Å². The molecule has 0 aliphatic heterocycles. The maximum atomic E-state index is 12.4. The third-order valence-electron chi connectivity index (χ3n) is 3.08. The van der Waals surface area contributed by atoms with Gasteiger partial charge in [0.15, 0.2) is 0 Å². The summed E-state index contributed by atoms with van der Waals surface area (Å²) >= 11 is 4.23. The van der Waals surface area contributed by atoms with Crippen LogP contribution in [0.15, 0.2) is 47.4 Å². The minimum Gasteiger partial charge on any atom is -0.333 e. The van der Waals surface area contributed by atoms with Crippen molar-refractivity contribution < 1.29 is 4.79 Å². The number of hydrogen-bond donors (Lipinski definition) is 1. The van der Waals surface area contributed by atoms with Gasteiger partial charge in [0, 0.05) is 22.7 Å². The first kappa shape index (κ1) is 14.6. The van der Waals surface area contributed by atoms with E-state index >= 15 is 0 Å². The van der Waals surface area contributed by atoms with Gasteiger partial charge < -0.3 is 4.90 Å². The summed E-state index contributed by atoms with van der Waals surface area (Å²) < 4.78 is 0.